The number of sulfonamides is 1. The third kappa shape index (κ3) is 3.34. The molecule has 114 valence electrons. The summed E-state index contributed by atoms with van der Waals surface area (Å²) in [4.78, 5) is -0.516. The van der Waals surface area contributed by atoms with Gasteiger partial charge in [-0.15, -0.1) is 0 Å². The van der Waals surface area contributed by atoms with Gasteiger partial charge in [0.05, 0.1) is 0 Å². The minimum absolute atomic E-state index is 0.233. The highest BCUT2D eigenvalue weighted by Gasteiger charge is 2.28. The van der Waals surface area contributed by atoms with Crippen molar-refractivity contribution in [2.24, 2.45) is 5.73 Å². The molecule has 0 saturated carbocycles. The number of unbranched alkanes of at least 4 members (excludes halogenated alkanes) is 1. The van der Waals surface area contributed by atoms with Crippen LogP contribution < -0.4 is 5.73 Å². The second-order valence-electron chi connectivity index (χ2n) is 4.39. The number of halogens is 2. The molecule has 0 radical (unpaired) electrons. The maximum atomic E-state index is 14.1. The van der Waals surface area contributed by atoms with Gasteiger partial charge in [0.1, 0.15) is 10.7 Å². The van der Waals surface area contributed by atoms with E-state index in [-0.39, 0.29) is 13.1 Å². The van der Waals surface area contributed by atoms with Gasteiger partial charge in [-0.2, -0.15) is 4.31 Å². The average Bonchev–Trinajstić information content (AvgIpc) is 2.39. The zero-order valence-electron chi connectivity index (χ0n) is 11.7. The lowest BCUT2D eigenvalue weighted by molar-refractivity contribution is 0.414. The molecule has 0 aliphatic carbocycles. The molecule has 2 N–H and O–H groups in total. The first-order valence-electron chi connectivity index (χ1n) is 6.57. The summed E-state index contributed by atoms with van der Waals surface area (Å²) in [6, 6.07) is 1.89. The Hall–Kier alpha value is -1.05. The number of rotatable bonds is 7. The Morgan fingerprint density at radius 3 is 2.40 bits per heavy atom. The Morgan fingerprint density at radius 1 is 1.25 bits per heavy atom. The Balaban J connectivity index is 3.27. The van der Waals surface area contributed by atoms with E-state index in [1.165, 1.54) is 4.31 Å². The molecule has 0 fully saturated rings. The van der Waals surface area contributed by atoms with E-state index in [9.17, 15) is 17.2 Å². The molecule has 0 saturated heterocycles. The van der Waals surface area contributed by atoms with Crippen molar-refractivity contribution in [2.45, 2.75) is 38.1 Å². The van der Waals surface area contributed by atoms with Crippen molar-refractivity contribution < 1.29 is 17.2 Å². The molecule has 1 rings (SSSR count). The molecule has 0 aromatic heterocycles. The maximum Gasteiger partial charge on any atom is 0.245 e. The summed E-state index contributed by atoms with van der Waals surface area (Å²) in [5.41, 5.74) is 4.86. The highest BCUT2D eigenvalue weighted by Crippen LogP contribution is 2.24. The van der Waals surface area contributed by atoms with Gasteiger partial charge in [0.15, 0.2) is 5.82 Å². The third-order valence-corrected chi connectivity index (χ3v) is 5.08. The highest BCUT2D eigenvalue weighted by atomic mass is 32.2. The van der Waals surface area contributed by atoms with Crippen molar-refractivity contribution in [3.05, 3.63) is 29.3 Å². The van der Waals surface area contributed by atoms with E-state index >= 15 is 0 Å². The number of nitrogens with zero attached hydrogens (tertiary/aromatic N) is 1. The first-order valence-corrected chi connectivity index (χ1v) is 8.01. The van der Waals surface area contributed by atoms with Gasteiger partial charge in [-0.1, -0.05) is 20.3 Å². The summed E-state index contributed by atoms with van der Waals surface area (Å²) >= 11 is 0. The first kappa shape index (κ1) is 17.0. The van der Waals surface area contributed by atoms with Crippen LogP contribution in [0.1, 0.15) is 32.3 Å². The third-order valence-electron chi connectivity index (χ3n) is 3.09. The molecule has 0 spiro atoms. The van der Waals surface area contributed by atoms with Crippen molar-refractivity contribution >= 4 is 10.0 Å². The molecule has 1 aromatic rings. The first-order chi connectivity index (χ1) is 9.39. The van der Waals surface area contributed by atoms with Crippen molar-refractivity contribution in [3.63, 3.8) is 0 Å². The van der Waals surface area contributed by atoms with Gasteiger partial charge >= 0.3 is 0 Å². The second kappa shape index (κ2) is 7.10. The lowest BCUT2D eigenvalue weighted by Crippen LogP contribution is -2.32. The molecule has 0 amide bonds. The Bertz CT molecular complexity index is 562. The van der Waals surface area contributed by atoms with E-state index in [1.54, 1.807) is 6.92 Å². The summed E-state index contributed by atoms with van der Waals surface area (Å²) < 4.78 is 53.5. The zero-order valence-corrected chi connectivity index (χ0v) is 12.5. The van der Waals surface area contributed by atoms with Gasteiger partial charge in [0.25, 0.3) is 0 Å². The summed E-state index contributed by atoms with van der Waals surface area (Å²) in [7, 11) is -3.97. The SMILES string of the molecule is CCCCN(CC)S(=O)(=O)c1ccc(F)c(CN)c1F. The predicted molar refractivity (Wildman–Crippen MR) is 73.6 cm³/mol. The van der Waals surface area contributed by atoms with Gasteiger partial charge in [0, 0.05) is 25.2 Å². The smallest absolute Gasteiger partial charge is 0.245 e. The van der Waals surface area contributed by atoms with Crippen LogP contribution in [0.15, 0.2) is 17.0 Å². The van der Waals surface area contributed by atoms with E-state index in [0.717, 1.165) is 18.6 Å². The highest BCUT2D eigenvalue weighted by molar-refractivity contribution is 7.89. The van der Waals surface area contributed by atoms with Gasteiger partial charge in [-0.25, -0.2) is 17.2 Å². The van der Waals surface area contributed by atoms with Gasteiger partial charge in [0.2, 0.25) is 10.0 Å². The topological polar surface area (TPSA) is 63.4 Å². The van der Waals surface area contributed by atoms with Crippen LogP contribution in [0.5, 0.6) is 0 Å². The molecular weight excluding hydrogens is 286 g/mol. The Labute approximate surface area is 118 Å². The fourth-order valence-corrected chi connectivity index (χ4v) is 3.46. The van der Waals surface area contributed by atoms with Crippen molar-refractivity contribution in [2.75, 3.05) is 13.1 Å². The lowest BCUT2D eigenvalue weighted by atomic mass is 10.2. The summed E-state index contributed by atoms with van der Waals surface area (Å²) in [5, 5.41) is 0. The number of nitrogens with two attached hydrogens (primary N) is 1. The quantitative estimate of drug-likeness (QED) is 0.840. The number of hydrogen-bond donors (Lipinski definition) is 1. The molecule has 0 atom stereocenters. The molecule has 0 aliphatic rings. The molecule has 7 heteroatoms. The number of hydrogen-bond acceptors (Lipinski definition) is 3. The molecule has 4 nitrogen and oxygen atoms in total. The van der Waals surface area contributed by atoms with Crippen LogP contribution in [0.25, 0.3) is 0 Å². The van der Waals surface area contributed by atoms with Crippen LogP contribution in [0.3, 0.4) is 0 Å². The number of benzene rings is 1. The fourth-order valence-electron chi connectivity index (χ4n) is 1.88. The molecule has 0 bridgehead atoms. The summed E-state index contributed by atoms with van der Waals surface area (Å²) in [6.07, 6.45) is 1.51. The molecular formula is C13H20F2N2O2S. The van der Waals surface area contributed by atoms with Crippen molar-refractivity contribution in [1.29, 1.82) is 0 Å². The summed E-state index contributed by atoms with van der Waals surface area (Å²) in [5.74, 6) is -1.93. The molecule has 0 aliphatic heterocycles. The molecule has 1 aromatic carbocycles. The van der Waals surface area contributed by atoms with E-state index < -0.39 is 32.1 Å². The second-order valence-corrected chi connectivity index (χ2v) is 6.30. The minimum Gasteiger partial charge on any atom is -0.326 e. The van der Waals surface area contributed by atoms with Gasteiger partial charge in [-0.3, -0.25) is 0 Å². The van der Waals surface area contributed by atoms with Gasteiger partial charge < -0.3 is 5.73 Å². The average molecular weight is 306 g/mol. The maximum absolute atomic E-state index is 14.1. The zero-order chi connectivity index (χ0) is 15.3. The normalized spacial score (nSPS) is 12.1. The van der Waals surface area contributed by atoms with E-state index in [0.29, 0.717) is 13.0 Å². The van der Waals surface area contributed by atoms with E-state index in [2.05, 4.69) is 0 Å². The van der Waals surface area contributed by atoms with E-state index in [1.807, 2.05) is 6.92 Å². The largest absolute Gasteiger partial charge is 0.326 e. The Kier molecular flexibility index (Phi) is 6.04. The van der Waals surface area contributed by atoms with Gasteiger partial charge in [-0.05, 0) is 18.6 Å². The molecule has 20 heavy (non-hydrogen) atoms. The monoisotopic (exact) mass is 306 g/mol. The lowest BCUT2D eigenvalue weighted by Gasteiger charge is -2.21. The van der Waals surface area contributed by atoms with Crippen LogP contribution in [-0.4, -0.2) is 25.8 Å². The van der Waals surface area contributed by atoms with Crippen LogP contribution in [0.4, 0.5) is 8.78 Å². The molecule has 0 heterocycles. The fraction of sp³-hybridized carbons (Fsp3) is 0.538. The minimum atomic E-state index is -3.97. The van der Waals surface area contributed by atoms with Crippen molar-refractivity contribution in [1.82, 2.24) is 4.31 Å². The predicted octanol–water partition coefficient (Wildman–Crippen LogP) is 2.23. The van der Waals surface area contributed by atoms with E-state index in [4.69, 9.17) is 5.73 Å². The van der Waals surface area contributed by atoms with Crippen LogP contribution >= 0.6 is 0 Å². The van der Waals surface area contributed by atoms with Crippen LogP contribution in [0.2, 0.25) is 0 Å². The van der Waals surface area contributed by atoms with Crippen molar-refractivity contribution in [3.8, 4) is 0 Å². The van der Waals surface area contributed by atoms with Crippen LogP contribution in [-0.2, 0) is 16.6 Å². The Morgan fingerprint density at radius 2 is 1.90 bits per heavy atom. The van der Waals surface area contributed by atoms with Crippen LogP contribution in [0, 0.1) is 11.6 Å². The standard InChI is InChI=1S/C13H20F2N2O2S/c1-3-5-8-17(4-2)20(18,19)12-7-6-11(14)10(9-16)13(12)15/h6-7H,3-5,8-9,16H2,1-2H3. The molecule has 0 unspecified atom stereocenters. The summed E-state index contributed by atoms with van der Waals surface area (Å²) in [6.45, 7) is 3.77.